The minimum absolute atomic E-state index is 0.0754. The van der Waals surface area contributed by atoms with E-state index in [9.17, 15) is 4.79 Å². The Kier molecular flexibility index (Phi) is 4.97. The van der Waals surface area contributed by atoms with Gasteiger partial charge in [0.05, 0.1) is 13.2 Å². The summed E-state index contributed by atoms with van der Waals surface area (Å²) in [5, 5.41) is 12.9. The molecule has 0 spiro atoms. The fourth-order valence-electron chi connectivity index (χ4n) is 1.97. The summed E-state index contributed by atoms with van der Waals surface area (Å²) in [7, 11) is 1.58. The molecule has 0 aliphatic rings. The first-order valence-electron chi connectivity index (χ1n) is 6.47. The van der Waals surface area contributed by atoms with E-state index in [0.29, 0.717) is 13.2 Å². The number of methoxy groups -OCH3 is 1. The second kappa shape index (κ2) is 6.93. The van der Waals surface area contributed by atoms with Crippen LogP contribution in [0, 0.1) is 0 Å². The van der Waals surface area contributed by atoms with Gasteiger partial charge in [0.1, 0.15) is 0 Å². The van der Waals surface area contributed by atoms with Gasteiger partial charge in [-0.05, 0) is 24.3 Å². The van der Waals surface area contributed by atoms with Crippen LogP contribution in [0.15, 0.2) is 30.5 Å². The van der Waals surface area contributed by atoms with Gasteiger partial charge in [0, 0.05) is 43.0 Å². The zero-order valence-corrected chi connectivity index (χ0v) is 11.4. The van der Waals surface area contributed by atoms with Gasteiger partial charge in [-0.3, -0.25) is 0 Å². The summed E-state index contributed by atoms with van der Waals surface area (Å²) < 4.78 is 4.96. The van der Waals surface area contributed by atoms with Crippen LogP contribution in [-0.4, -0.2) is 54.4 Å². The first kappa shape index (κ1) is 14.4. The number of nitrogens with zero attached hydrogens (tertiary/aromatic N) is 1. The zero-order valence-electron chi connectivity index (χ0n) is 11.4. The van der Waals surface area contributed by atoms with Gasteiger partial charge < -0.3 is 25.0 Å². The van der Waals surface area contributed by atoms with Crippen LogP contribution in [0.5, 0.6) is 0 Å². The lowest BCUT2D eigenvalue weighted by Crippen LogP contribution is -2.39. The van der Waals surface area contributed by atoms with Gasteiger partial charge in [0.2, 0.25) is 0 Å². The maximum absolute atomic E-state index is 12.1. The third-order valence-electron chi connectivity index (χ3n) is 3.03. The van der Waals surface area contributed by atoms with E-state index in [0.717, 1.165) is 16.6 Å². The van der Waals surface area contributed by atoms with Crippen molar-refractivity contribution in [2.24, 2.45) is 0 Å². The summed E-state index contributed by atoms with van der Waals surface area (Å²) in [5.41, 5.74) is 1.75. The van der Waals surface area contributed by atoms with Crippen LogP contribution in [0.3, 0.4) is 0 Å². The summed E-state index contributed by atoms with van der Waals surface area (Å²) in [4.78, 5) is 16.7. The number of rotatable bonds is 6. The lowest BCUT2D eigenvalue weighted by atomic mass is 10.2. The molecule has 0 saturated carbocycles. The van der Waals surface area contributed by atoms with Crippen LogP contribution in [0.4, 0.5) is 10.5 Å². The number of fused-ring (bicyclic) bond motifs is 1. The summed E-state index contributed by atoms with van der Waals surface area (Å²) in [6.45, 7) is 1.08. The van der Waals surface area contributed by atoms with Crippen LogP contribution in [0.25, 0.3) is 10.9 Å². The first-order chi connectivity index (χ1) is 9.74. The number of amides is 2. The number of H-pyrrole nitrogens is 1. The van der Waals surface area contributed by atoms with Crippen molar-refractivity contribution in [2.75, 3.05) is 38.7 Å². The predicted octanol–water partition coefficient (Wildman–Crippen LogP) is 1.64. The van der Waals surface area contributed by atoms with Crippen molar-refractivity contribution in [3.05, 3.63) is 30.5 Å². The number of anilines is 1. The van der Waals surface area contributed by atoms with Crippen LogP contribution >= 0.6 is 0 Å². The van der Waals surface area contributed by atoms with Gasteiger partial charge >= 0.3 is 6.03 Å². The van der Waals surface area contributed by atoms with Gasteiger partial charge in [-0.25, -0.2) is 4.79 Å². The number of carbonyl (C=O) groups excluding carboxylic acids is 1. The molecule has 0 radical (unpaired) electrons. The highest BCUT2D eigenvalue weighted by molar-refractivity contribution is 5.92. The number of aliphatic hydroxyl groups excluding tert-OH is 1. The molecule has 6 heteroatoms. The number of nitrogens with one attached hydrogen (secondary N) is 2. The minimum Gasteiger partial charge on any atom is -0.395 e. The fraction of sp³-hybridized carbons (Fsp3) is 0.357. The molecule has 2 aromatic rings. The van der Waals surface area contributed by atoms with Crippen LogP contribution < -0.4 is 5.32 Å². The molecule has 1 aromatic carbocycles. The second-order valence-electron chi connectivity index (χ2n) is 4.41. The standard InChI is InChI=1S/C14H19N3O3/c1-20-9-7-17(6-8-18)14(19)16-12-2-3-13-11(10-12)4-5-15-13/h2-5,10,15,18H,6-9H2,1H3,(H,16,19). The van der Waals surface area contributed by atoms with Crippen molar-refractivity contribution in [3.63, 3.8) is 0 Å². The van der Waals surface area contributed by atoms with Crippen LogP contribution in [0.2, 0.25) is 0 Å². The molecule has 0 atom stereocenters. The van der Waals surface area contributed by atoms with E-state index in [1.807, 2.05) is 30.5 Å². The third kappa shape index (κ3) is 3.49. The number of hydrogen-bond donors (Lipinski definition) is 3. The van der Waals surface area contributed by atoms with E-state index in [1.165, 1.54) is 4.90 Å². The lowest BCUT2D eigenvalue weighted by Gasteiger charge is -2.21. The molecule has 0 aliphatic heterocycles. The Morgan fingerprint density at radius 2 is 2.25 bits per heavy atom. The number of urea groups is 1. The summed E-state index contributed by atoms with van der Waals surface area (Å²) >= 11 is 0. The molecule has 0 bridgehead atoms. The summed E-state index contributed by atoms with van der Waals surface area (Å²) in [6.07, 6.45) is 1.85. The number of ether oxygens (including phenoxy) is 1. The third-order valence-corrected chi connectivity index (χ3v) is 3.03. The van der Waals surface area contributed by atoms with Crippen molar-refractivity contribution < 1.29 is 14.6 Å². The molecular formula is C14H19N3O3. The topological polar surface area (TPSA) is 77.6 Å². The SMILES string of the molecule is COCCN(CCO)C(=O)Nc1ccc2[nH]ccc2c1. The molecule has 0 unspecified atom stereocenters. The number of carbonyl (C=O) groups is 1. The van der Waals surface area contributed by atoms with E-state index < -0.39 is 0 Å². The monoisotopic (exact) mass is 277 g/mol. The largest absolute Gasteiger partial charge is 0.395 e. The van der Waals surface area contributed by atoms with Crippen LogP contribution in [0.1, 0.15) is 0 Å². The highest BCUT2D eigenvalue weighted by Gasteiger charge is 2.12. The Morgan fingerprint density at radius 3 is 3.00 bits per heavy atom. The van der Waals surface area contributed by atoms with Gasteiger partial charge in [-0.1, -0.05) is 0 Å². The highest BCUT2D eigenvalue weighted by Crippen LogP contribution is 2.18. The highest BCUT2D eigenvalue weighted by atomic mass is 16.5. The van der Waals surface area contributed by atoms with Crippen molar-refractivity contribution in [1.29, 1.82) is 0 Å². The number of aromatic amines is 1. The maximum Gasteiger partial charge on any atom is 0.321 e. The normalized spacial score (nSPS) is 10.7. The predicted molar refractivity (Wildman–Crippen MR) is 77.9 cm³/mol. The van der Waals surface area contributed by atoms with Crippen molar-refractivity contribution >= 4 is 22.6 Å². The molecule has 3 N–H and O–H groups in total. The van der Waals surface area contributed by atoms with E-state index in [-0.39, 0.29) is 19.2 Å². The van der Waals surface area contributed by atoms with E-state index >= 15 is 0 Å². The molecular weight excluding hydrogens is 258 g/mol. The average molecular weight is 277 g/mol. The molecule has 1 heterocycles. The fourth-order valence-corrected chi connectivity index (χ4v) is 1.97. The van der Waals surface area contributed by atoms with Gasteiger partial charge in [0.15, 0.2) is 0 Å². The Hall–Kier alpha value is -2.05. The average Bonchev–Trinajstić information content (AvgIpc) is 2.90. The van der Waals surface area contributed by atoms with E-state index in [4.69, 9.17) is 9.84 Å². The molecule has 6 nitrogen and oxygen atoms in total. The van der Waals surface area contributed by atoms with Crippen LogP contribution in [-0.2, 0) is 4.74 Å². The molecule has 0 saturated heterocycles. The lowest BCUT2D eigenvalue weighted by molar-refractivity contribution is 0.142. The Balaban J connectivity index is 2.03. The molecule has 20 heavy (non-hydrogen) atoms. The summed E-state index contributed by atoms with van der Waals surface area (Å²) in [5.74, 6) is 0. The summed E-state index contributed by atoms with van der Waals surface area (Å²) in [6, 6.07) is 7.35. The number of hydrogen-bond acceptors (Lipinski definition) is 3. The Morgan fingerprint density at radius 1 is 1.40 bits per heavy atom. The number of aromatic nitrogens is 1. The molecule has 2 rings (SSSR count). The smallest absolute Gasteiger partial charge is 0.321 e. The molecule has 108 valence electrons. The van der Waals surface area contributed by atoms with Crippen molar-refractivity contribution in [2.45, 2.75) is 0 Å². The molecule has 0 aliphatic carbocycles. The van der Waals surface area contributed by atoms with Gasteiger partial charge in [0.25, 0.3) is 0 Å². The minimum atomic E-state index is -0.244. The Labute approximate surface area is 117 Å². The molecule has 0 fully saturated rings. The van der Waals surface area contributed by atoms with Gasteiger partial charge in [-0.2, -0.15) is 0 Å². The number of benzene rings is 1. The quantitative estimate of drug-likeness (QED) is 0.751. The molecule has 2 amide bonds. The zero-order chi connectivity index (χ0) is 14.4. The van der Waals surface area contributed by atoms with E-state index in [2.05, 4.69) is 10.3 Å². The second-order valence-corrected chi connectivity index (χ2v) is 4.41. The number of aliphatic hydroxyl groups is 1. The molecule has 1 aromatic heterocycles. The van der Waals surface area contributed by atoms with Crippen molar-refractivity contribution in [3.8, 4) is 0 Å². The van der Waals surface area contributed by atoms with Gasteiger partial charge in [-0.15, -0.1) is 0 Å². The maximum atomic E-state index is 12.1. The van der Waals surface area contributed by atoms with E-state index in [1.54, 1.807) is 7.11 Å². The van der Waals surface area contributed by atoms with Crippen molar-refractivity contribution in [1.82, 2.24) is 9.88 Å². The first-order valence-corrected chi connectivity index (χ1v) is 6.47. The Bertz CT molecular complexity index is 568.